The third-order valence-corrected chi connectivity index (χ3v) is 4.38. The molecule has 0 aromatic rings. The fraction of sp³-hybridized carbons (Fsp3) is 1.00. The van der Waals surface area contributed by atoms with Crippen molar-refractivity contribution in [2.24, 2.45) is 5.92 Å². The van der Waals surface area contributed by atoms with Crippen LogP contribution in [0.4, 0.5) is 0 Å². The molecule has 4 heteroatoms. The Morgan fingerprint density at radius 1 is 1.37 bits per heavy atom. The molecule has 0 aromatic heterocycles. The summed E-state index contributed by atoms with van der Waals surface area (Å²) in [7, 11) is 3.86. The number of nitrogens with zero attached hydrogens (tertiary/aromatic N) is 1. The minimum atomic E-state index is 0.528. The molecule has 0 aromatic carbocycles. The van der Waals surface area contributed by atoms with Crippen LogP contribution in [-0.4, -0.2) is 64.1 Å². The molecule has 4 nitrogen and oxygen atoms in total. The van der Waals surface area contributed by atoms with Crippen LogP contribution in [0.1, 0.15) is 33.1 Å². The number of likely N-dealkylation sites (N-methyl/N-ethyl adjacent to an activating group) is 1. The van der Waals surface area contributed by atoms with Crippen molar-refractivity contribution in [3.63, 3.8) is 0 Å². The van der Waals surface area contributed by atoms with Crippen molar-refractivity contribution in [2.45, 2.75) is 45.2 Å². The topological polar surface area (TPSA) is 33.7 Å². The Balaban J connectivity index is 2.56. The molecule has 2 unspecified atom stereocenters. The summed E-state index contributed by atoms with van der Waals surface area (Å²) in [6.07, 6.45) is 3.60. The maximum Gasteiger partial charge on any atom is 0.0589 e. The van der Waals surface area contributed by atoms with Gasteiger partial charge in [0.1, 0.15) is 0 Å². The van der Waals surface area contributed by atoms with Crippen molar-refractivity contribution in [1.82, 2.24) is 10.2 Å². The van der Waals surface area contributed by atoms with E-state index in [0.29, 0.717) is 18.0 Å². The zero-order chi connectivity index (χ0) is 14.1. The Morgan fingerprint density at radius 3 is 2.58 bits per heavy atom. The molecule has 2 atom stereocenters. The number of hydrogen-bond donors (Lipinski definition) is 1. The zero-order valence-corrected chi connectivity index (χ0v) is 13.2. The van der Waals surface area contributed by atoms with Crippen LogP contribution in [0.2, 0.25) is 0 Å². The molecule has 19 heavy (non-hydrogen) atoms. The zero-order valence-electron chi connectivity index (χ0n) is 13.2. The Labute approximate surface area is 118 Å². The van der Waals surface area contributed by atoms with Gasteiger partial charge in [-0.2, -0.15) is 0 Å². The molecule has 1 saturated heterocycles. The van der Waals surface area contributed by atoms with Gasteiger partial charge >= 0.3 is 0 Å². The summed E-state index contributed by atoms with van der Waals surface area (Å²) in [6.45, 7) is 9.32. The van der Waals surface area contributed by atoms with E-state index in [-0.39, 0.29) is 0 Å². The van der Waals surface area contributed by atoms with Gasteiger partial charge in [-0.25, -0.2) is 0 Å². The highest BCUT2D eigenvalue weighted by Gasteiger charge is 2.27. The number of methoxy groups -OCH3 is 1. The van der Waals surface area contributed by atoms with Crippen LogP contribution in [0.3, 0.4) is 0 Å². The summed E-state index contributed by atoms with van der Waals surface area (Å²) in [6, 6.07) is 1.19. The van der Waals surface area contributed by atoms with Gasteiger partial charge in [0.15, 0.2) is 0 Å². The molecule has 1 fully saturated rings. The Hall–Kier alpha value is -0.160. The molecule has 114 valence electrons. The van der Waals surface area contributed by atoms with E-state index in [1.165, 1.54) is 19.3 Å². The molecule has 0 saturated carbocycles. The lowest BCUT2D eigenvalue weighted by molar-refractivity contribution is 0.0960. The molecule has 0 amide bonds. The second-order valence-electron chi connectivity index (χ2n) is 5.48. The van der Waals surface area contributed by atoms with Crippen LogP contribution >= 0.6 is 0 Å². The predicted octanol–water partition coefficient (Wildman–Crippen LogP) is 1.75. The van der Waals surface area contributed by atoms with Gasteiger partial charge in [-0.15, -0.1) is 0 Å². The standard InChI is InChI=1S/C15H32N2O2/c1-5-14(6-2)17(8-10-18-4)11-15(16-3)13-7-9-19-12-13/h13-16H,5-12H2,1-4H3. The second kappa shape index (κ2) is 9.70. The lowest BCUT2D eigenvalue weighted by Crippen LogP contribution is -2.48. The summed E-state index contributed by atoms with van der Waals surface area (Å²) in [4.78, 5) is 2.59. The monoisotopic (exact) mass is 272 g/mol. The average Bonchev–Trinajstić information content (AvgIpc) is 2.96. The van der Waals surface area contributed by atoms with Gasteiger partial charge in [0.05, 0.1) is 13.2 Å². The van der Waals surface area contributed by atoms with Crippen LogP contribution in [-0.2, 0) is 9.47 Å². The lowest BCUT2D eigenvalue weighted by atomic mass is 9.97. The number of rotatable bonds is 10. The predicted molar refractivity (Wildman–Crippen MR) is 79.6 cm³/mol. The van der Waals surface area contributed by atoms with Crippen LogP contribution in [0.15, 0.2) is 0 Å². The molecule has 0 radical (unpaired) electrons. The first-order valence-electron chi connectivity index (χ1n) is 7.74. The quantitative estimate of drug-likeness (QED) is 0.657. The SMILES string of the molecule is CCC(CC)N(CCOC)CC(NC)C1CCOC1. The van der Waals surface area contributed by atoms with Crippen molar-refractivity contribution in [3.05, 3.63) is 0 Å². The number of hydrogen-bond acceptors (Lipinski definition) is 4. The molecule has 0 spiro atoms. The van der Waals surface area contributed by atoms with E-state index in [1.807, 2.05) is 0 Å². The minimum absolute atomic E-state index is 0.528. The van der Waals surface area contributed by atoms with Gasteiger partial charge in [-0.1, -0.05) is 13.8 Å². The van der Waals surface area contributed by atoms with Crippen LogP contribution in [0, 0.1) is 5.92 Å². The summed E-state index contributed by atoms with van der Waals surface area (Å²) in [5.74, 6) is 0.657. The molecule has 1 aliphatic rings. The molecule has 1 aliphatic heterocycles. The smallest absolute Gasteiger partial charge is 0.0589 e. The van der Waals surface area contributed by atoms with E-state index in [1.54, 1.807) is 7.11 Å². The molecular weight excluding hydrogens is 240 g/mol. The summed E-state index contributed by atoms with van der Waals surface area (Å²) >= 11 is 0. The van der Waals surface area contributed by atoms with E-state index >= 15 is 0 Å². The second-order valence-corrected chi connectivity index (χ2v) is 5.48. The molecule has 0 bridgehead atoms. The van der Waals surface area contributed by atoms with Crippen molar-refractivity contribution in [3.8, 4) is 0 Å². The highest BCUT2D eigenvalue weighted by atomic mass is 16.5. The van der Waals surface area contributed by atoms with Crippen molar-refractivity contribution >= 4 is 0 Å². The van der Waals surface area contributed by atoms with Crippen molar-refractivity contribution in [2.75, 3.05) is 47.1 Å². The molecule has 0 aliphatic carbocycles. The maximum atomic E-state index is 5.53. The van der Waals surface area contributed by atoms with Crippen molar-refractivity contribution < 1.29 is 9.47 Å². The highest BCUT2D eigenvalue weighted by Crippen LogP contribution is 2.19. The highest BCUT2D eigenvalue weighted by molar-refractivity contribution is 4.83. The Kier molecular flexibility index (Phi) is 8.62. The van der Waals surface area contributed by atoms with Crippen LogP contribution in [0.25, 0.3) is 0 Å². The summed E-state index contributed by atoms with van der Waals surface area (Å²) in [5.41, 5.74) is 0. The average molecular weight is 272 g/mol. The van der Waals surface area contributed by atoms with E-state index < -0.39 is 0 Å². The van der Waals surface area contributed by atoms with Crippen LogP contribution < -0.4 is 5.32 Å². The van der Waals surface area contributed by atoms with E-state index in [9.17, 15) is 0 Å². The van der Waals surface area contributed by atoms with E-state index in [0.717, 1.165) is 32.9 Å². The number of nitrogens with one attached hydrogen (secondary N) is 1. The first kappa shape index (κ1) is 16.9. The number of ether oxygens (including phenoxy) is 2. The fourth-order valence-electron chi connectivity index (χ4n) is 3.04. The van der Waals surface area contributed by atoms with Gasteiger partial charge in [0.25, 0.3) is 0 Å². The Morgan fingerprint density at radius 2 is 2.11 bits per heavy atom. The van der Waals surface area contributed by atoms with Gasteiger partial charge in [-0.3, -0.25) is 4.90 Å². The fourth-order valence-corrected chi connectivity index (χ4v) is 3.04. The summed E-state index contributed by atoms with van der Waals surface area (Å²) in [5, 5.41) is 3.49. The largest absolute Gasteiger partial charge is 0.383 e. The van der Waals surface area contributed by atoms with Gasteiger partial charge < -0.3 is 14.8 Å². The molecule has 1 rings (SSSR count). The van der Waals surface area contributed by atoms with Gasteiger partial charge in [0, 0.05) is 44.8 Å². The van der Waals surface area contributed by atoms with Crippen molar-refractivity contribution in [1.29, 1.82) is 0 Å². The third kappa shape index (κ3) is 5.38. The van der Waals surface area contributed by atoms with Gasteiger partial charge in [-0.05, 0) is 26.3 Å². The molecular formula is C15H32N2O2. The Bertz CT molecular complexity index is 216. The van der Waals surface area contributed by atoms with E-state index in [4.69, 9.17) is 9.47 Å². The third-order valence-electron chi connectivity index (χ3n) is 4.38. The minimum Gasteiger partial charge on any atom is -0.383 e. The first-order valence-corrected chi connectivity index (χ1v) is 7.74. The molecule has 1 N–H and O–H groups in total. The van der Waals surface area contributed by atoms with Gasteiger partial charge in [0.2, 0.25) is 0 Å². The lowest BCUT2D eigenvalue weighted by Gasteiger charge is -2.35. The summed E-state index contributed by atoms with van der Waals surface area (Å²) < 4.78 is 10.8. The van der Waals surface area contributed by atoms with Crippen LogP contribution in [0.5, 0.6) is 0 Å². The van der Waals surface area contributed by atoms with E-state index in [2.05, 4.69) is 31.1 Å². The normalized spacial score (nSPS) is 21.5. The maximum absolute atomic E-state index is 5.53. The molecule has 1 heterocycles. The first-order chi connectivity index (χ1) is 9.26.